The van der Waals surface area contributed by atoms with Gasteiger partial charge in [-0.3, -0.25) is 0 Å². The summed E-state index contributed by atoms with van der Waals surface area (Å²) in [5.41, 5.74) is 2.60. The summed E-state index contributed by atoms with van der Waals surface area (Å²) in [6.07, 6.45) is 2.13. The molecule has 0 saturated carbocycles. The van der Waals surface area contributed by atoms with E-state index in [4.69, 9.17) is 12.2 Å². The van der Waals surface area contributed by atoms with Gasteiger partial charge in [-0.05, 0) is 47.6 Å². The second kappa shape index (κ2) is 8.15. The molecule has 0 bridgehead atoms. The largest absolute Gasteiger partial charge is 0.363 e. The number of nitrogens with one attached hydrogen (secondary N) is 2. The van der Waals surface area contributed by atoms with E-state index in [9.17, 15) is 0 Å². The molecular formula is C17H22N2S2. The Kier molecular flexibility index (Phi) is 6.21. The summed E-state index contributed by atoms with van der Waals surface area (Å²) in [6.45, 7) is 5.21. The van der Waals surface area contributed by atoms with E-state index < -0.39 is 0 Å². The van der Waals surface area contributed by atoms with E-state index in [1.807, 2.05) is 0 Å². The monoisotopic (exact) mass is 318 g/mol. The van der Waals surface area contributed by atoms with Crippen LogP contribution in [-0.2, 0) is 6.42 Å². The number of hydrogen-bond donors (Lipinski definition) is 2. The fourth-order valence-electron chi connectivity index (χ4n) is 2.14. The third-order valence-electron chi connectivity index (χ3n) is 3.36. The third-order valence-corrected chi connectivity index (χ3v) is 4.56. The second-order valence-corrected chi connectivity index (χ2v) is 6.33. The average Bonchev–Trinajstić information content (AvgIpc) is 3.05. The SMILES string of the molecule is CCCNC(=S)N[C@H](c1ccc(CC)cc1)c1cccs1. The van der Waals surface area contributed by atoms with Crippen molar-refractivity contribution in [1.82, 2.24) is 10.6 Å². The highest BCUT2D eigenvalue weighted by Gasteiger charge is 2.16. The van der Waals surface area contributed by atoms with Crippen molar-refractivity contribution in [2.45, 2.75) is 32.7 Å². The molecule has 0 amide bonds. The average molecular weight is 319 g/mol. The lowest BCUT2D eigenvalue weighted by Crippen LogP contribution is -2.38. The normalized spacial score (nSPS) is 11.9. The van der Waals surface area contributed by atoms with Gasteiger partial charge < -0.3 is 10.6 Å². The van der Waals surface area contributed by atoms with Crippen molar-refractivity contribution in [3.63, 3.8) is 0 Å². The van der Waals surface area contributed by atoms with Crippen molar-refractivity contribution in [1.29, 1.82) is 0 Å². The number of hydrogen-bond acceptors (Lipinski definition) is 2. The van der Waals surface area contributed by atoms with Crippen LogP contribution in [0.15, 0.2) is 41.8 Å². The number of rotatable bonds is 6. The summed E-state index contributed by atoms with van der Waals surface area (Å²) >= 11 is 7.15. The first-order valence-electron chi connectivity index (χ1n) is 7.41. The molecule has 0 unspecified atom stereocenters. The van der Waals surface area contributed by atoms with E-state index in [2.05, 4.69) is 66.3 Å². The molecular weight excluding hydrogens is 296 g/mol. The maximum atomic E-state index is 5.40. The topological polar surface area (TPSA) is 24.1 Å². The fourth-order valence-corrected chi connectivity index (χ4v) is 3.16. The molecule has 112 valence electrons. The van der Waals surface area contributed by atoms with Gasteiger partial charge in [-0.15, -0.1) is 11.3 Å². The first-order valence-corrected chi connectivity index (χ1v) is 8.70. The van der Waals surface area contributed by atoms with Gasteiger partial charge in [0.25, 0.3) is 0 Å². The lowest BCUT2D eigenvalue weighted by molar-refractivity contribution is 0.738. The Morgan fingerprint density at radius 3 is 2.52 bits per heavy atom. The van der Waals surface area contributed by atoms with Crippen molar-refractivity contribution < 1.29 is 0 Å². The Morgan fingerprint density at radius 2 is 1.95 bits per heavy atom. The minimum Gasteiger partial charge on any atom is -0.363 e. The lowest BCUT2D eigenvalue weighted by atomic mass is 10.0. The Morgan fingerprint density at radius 1 is 1.19 bits per heavy atom. The van der Waals surface area contributed by atoms with E-state index in [0.29, 0.717) is 0 Å². The van der Waals surface area contributed by atoms with Crippen molar-refractivity contribution in [2.75, 3.05) is 6.54 Å². The van der Waals surface area contributed by atoms with Crippen molar-refractivity contribution >= 4 is 28.7 Å². The van der Waals surface area contributed by atoms with Crippen LogP contribution in [0.1, 0.15) is 42.3 Å². The summed E-state index contributed by atoms with van der Waals surface area (Å²) in [5, 5.41) is 9.50. The maximum absolute atomic E-state index is 5.40. The van der Waals surface area contributed by atoms with Gasteiger partial charge >= 0.3 is 0 Å². The quantitative estimate of drug-likeness (QED) is 0.778. The van der Waals surface area contributed by atoms with Gasteiger partial charge in [0.15, 0.2) is 5.11 Å². The van der Waals surface area contributed by atoms with E-state index in [1.54, 1.807) is 11.3 Å². The van der Waals surface area contributed by atoms with E-state index in [1.165, 1.54) is 16.0 Å². The molecule has 0 radical (unpaired) electrons. The lowest BCUT2D eigenvalue weighted by Gasteiger charge is -2.20. The second-order valence-electron chi connectivity index (χ2n) is 4.94. The standard InChI is InChI=1S/C17H22N2S2/c1-3-11-18-17(20)19-16(15-6-5-12-21-15)14-9-7-13(4-2)8-10-14/h5-10,12,16H,3-4,11H2,1-2H3,(H2,18,19,20)/t16-/m1/s1. The van der Waals surface area contributed by atoms with Crippen LogP contribution < -0.4 is 10.6 Å². The van der Waals surface area contributed by atoms with Gasteiger partial charge in [-0.25, -0.2) is 0 Å². The predicted octanol–water partition coefficient (Wildman–Crippen LogP) is 4.27. The molecule has 2 nitrogen and oxygen atoms in total. The highest BCUT2D eigenvalue weighted by Crippen LogP contribution is 2.26. The molecule has 1 aromatic heterocycles. The highest BCUT2D eigenvalue weighted by atomic mass is 32.1. The number of benzene rings is 1. The summed E-state index contributed by atoms with van der Waals surface area (Å²) in [5.74, 6) is 0. The highest BCUT2D eigenvalue weighted by molar-refractivity contribution is 7.80. The van der Waals surface area contributed by atoms with Crippen LogP contribution in [0.5, 0.6) is 0 Å². The van der Waals surface area contributed by atoms with E-state index in [0.717, 1.165) is 24.5 Å². The van der Waals surface area contributed by atoms with Gasteiger partial charge in [0.2, 0.25) is 0 Å². The molecule has 2 aromatic rings. The van der Waals surface area contributed by atoms with Crippen LogP contribution in [0.3, 0.4) is 0 Å². The van der Waals surface area contributed by atoms with Crippen molar-refractivity contribution in [2.24, 2.45) is 0 Å². The number of thiocarbonyl (C=S) groups is 1. The Balaban J connectivity index is 2.17. The predicted molar refractivity (Wildman–Crippen MR) is 96.0 cm³/mol. The minimum atomic E-state index is 0.118. The summed E-state index contributed by atoms with van der Waals surface area (Å²) in [4.78, 5) is 1.28. The maximum Gasteiger partial charge on any atom is 0.167 e. The minimum absolute atomic E-state index is 0.118. The van der Waals surface area contributed by atoms with E-state index in [-0.39, 0.29) is 6.04 Å². The fraction of sp³-hybridized carbons (Fsp3) is 0.353. The van der Waals surface area contributed by atoms with Crippen LogP contribution in [0, 0.1) is 0 Å². The molecule has 1 heterocycles. The first kappa shape index (κ1) is 16.0. The van der Waals surface area contributed by atoms with Crippen LogP contribution in [-0.4, -0.2) is 11.7 Å². The molecule has 4 heteroatoms. The zero-order valence-electron chi connectivity index (χ0n) is 12.6. The molecule has 0 fully saturated rings. The molecule has 1 aromatic carbocycles. The first-order chi connectivity index (χ1) is 10.2. The zero-order chi connectivity index (χ0) is 15.1. The molecule has 0 aliphatic carbocycles. The van der Waals surface area contributed by atoms with Gasteiger partial charge in [0.1, 0.15) is 0 Å². The molecule has 2 rings (SSSR count). The van der Waals surface area contributed by atoms with Gasteiger partial charge in [0, 0.05) is 11.4 Å². The summed E-state index contributed by atoms with van der Waals surface area (Å²) < 4.78 is 0. The smallest absolute Gasteiger partial charge is 0.167 e. The Bertz CT molecular complexity index is 547. The molecule has 0 spiro atoms. The van der Waals surface area contributed by atoms with Gasteiger partial charge in [-0.1, -0.05) is 44.2 Å². The van der Waals surface area contributed by atoms with Gasteiger partial charge in [0.05, 0.1) is 6.04 Å². The molecule has 1 atom stereocenters. The van der Waals surface area contributed by atoms with Crippen LogP contribution in [0.4, 0.5) is 0 Å². The van der Waals surface area contributed by atoms with Gasteiger partial charge in [-0.2, -0.15) is 0 Å². The molecule has 0 aliphatic heterocycles. The molecule has 0 aliphatic rings. The molecule has 21 heavy (non-hydrogen) atoms. The van der Waals surface area contributed by atoms with E-state index >= 15 is 0 Å². The Labute approximate surface area is 136 Å². The Hall–Kier alpha value is -1.39. The third kappa shape index (κ3) is 4.55. The van der Waals surface area contributed by atoms with Crippen molar-refractivity contribution in [3.05, 3.63) is 57.8 Å². The summed E-state index contributed by atoms with van der Waals surface area (Å²) in [6, 6.07) is 13.1. The number of aryl methyl sites for hydroxylation is 1. The number of thiophene rings is 1. The van der Waals surface area contributed by atoms with Crippen LogP contribution in [0.25, 0.3) is 0 Å². The molecule has 2 N–H and O–H groups in total. The van der Waals surface area contributed by atoms with Crippen molar-refractivity contribution in [3.8, 4) is 0 Å². The van der Waals surface area contributed by atoms with Crippen LogP contribution in [0.2, 0.25) is 0 Å². The summed E-state index contributed by atoms with van der Waals surface area (Å²) in [7, 11) is 0. The molecule has 0 saturated heterocycles. The zero-order valence-corrected chi connectivity index (χ0v) is 14.2. The van der Waals surface area contributed by atoms with Crippen LogP contribution >= 0.6 is 23.6 Å².